The van der Waals surface area contributed by atoms with Gasteiger partial charge in [0.1, 0.15) is 0 Å². The zero-order chi connectivity index (χ0) is 11.5. The Balaban J connectivity index is 1.88. The summed E-state index contributed by atoms with van der Waals surface area (Å²) in [5.41, 5.74) is 0. The van der Waals surface area contributed by atoms with Crippen molar-refractivity contribution in [1.29, 1.82) is 0 Å². The number of hydrogen-bond acceptors (Lipinski definition) is 4. The first-order chi connectivity index (χ1) is 7.69. The molecular formula is C11H18N2O3. The number of carbonyl (C=O) groups excluding carboxylic acids is 2. The number of rotatable bonds is 3. The third kappa shape index (κ3) is 2.59. The van der Waals surface area contributed by atoms with E-state index in [-0.39, 0.29) is 11.8 Å². The van der Waals surface area contributed by atoms with E-state index in [1.807, 2.05) is 4.90 Å². The molecule has 5 nitrogen and oxygen atoms in total. The molecule has 0 bridgehead atoms. The number of amides is 2. The molecule has 0 saturated carbocycles. The zero-order valence-corrected chi connectivity index (χ0v) is 9.57. The lowest BCUT2D eigenvalue weighted by Gasteiger charge is -2.29. The van der Waals surface area contributed by atoms with Gasteiger partial charge in [0.2, 0.25) is 11.8 Å². The van der Waals surface area contributed by atoms with E-state index in [0.717, 1.165) is 26.0 Å². The van der Waals surface area contributed by atoms with E-state index >= 15 is 0 Å². The van der Waals surface area contributed by atoms with Crippen LogP contribution in [0.25, 0.3) is 0 Å². The summed E-state index contributed by atoms with van der Waals surface area (Å²) in [5, 5.41) is 2.31. The first-order valence-electron chi connectivity index (χ1n) is 5.85. The van der Waals surface area contributed by atoms with E-state index in [0.29, 0.717) is 25.1 Å². The van der Waals surface area contributed by atoms with Crippen molar-refractivity contribution in [3.8, 4) is 0 Å². The lowest BCUT2D eigenvalue weighted by Crippen LogP contribution is -2.52. The molecule has 2 unspecified atom stereocenters. The van der Waals surface area contributed by atoms with Gasteiger partial charge in [0.25, 0.3) is 0 Å². The quantitative estimate of drug-likeness (QED) is 0.675. The highest BCUT2D eigenvalue weighted by atomic mass is 16.5. The molecule has 1 N–H and O–H groups in total. The molecule has 2 amide bonds. The second-order valence-electron chi connectivity index (χ2n) is 4.51. The number of nitrogens with zero attached hydrogens (tertiary/aromatic N) is 1. The highest BCUT2D eigenvalue weighted by Crippen LogP contribution is 2.24. The van der Waals surface area contributed by atoms with E-state index in [9.17, 15) is 9.59 Å². The standard InChI is InChI=1S/C11H18N2O3/c1-2-9-8(3-4-16-9)5-13-6-10(14)12-11(15)7-13/h8-9H,2-7H2,1H3,(H,12,14,15). The number of imide groups is 1. The molecule has 0 aromatic carbocycles. The van der Waals surface area contributed by atoms with Crippen molar-refractivity contribution < 1.29 is 14.3 Å². The molecule has 2 saturated heterocycles. The fourth-order valence-corrected chi connectivity index (χ4v) is 2.51. The van der Waals surface area contributed by atoms with Crippen molar-refractivity contribution in [2.45, 2.75) is 25.9 Å². The molecular weight excluding hydrogens is 208 g/mol. The van der Waals surface area contributed by atoms with E-state index in [1.165, 1.54) is 0 Å². The molecule has 2 aliphatic heterocycles. The van der Waals surface area contributed by atoms with Crippen molar-refractivity contribution in [2.24, 2.45) is 5.92 Å². The lowest BCUT2D eigenvalue weighted by molar-refractivity contribution is -0.136. The van der Waals surface area contributed by atoms with Gasteiger partial charge in [-0.15, -0.1) is 0 Å². The number of nitrogens with one attached hydrogen (secondary N) is 1. The van der Waals surface area contributed by atoms with E-state index < -0.39 is 0 Å². The molecule has 0 radical (unpaired) electrons. The van der Waals surface area contributed by atoms with Crippen LogP contribution in [0.1, 0.15) is 19.8 Å². The number of carbonyl (C=O) groups is 2. The topological polar surface area (TPSA) is 58.6 Å². The van der Waals surface area contributed by atoms with Crippen LogP contribution in [0.3, 0.4) is 0 Å². The molecule has 2 fully saturated rings. The molecule has 0 aromatic heterocycles. The summed E-state index contributed by atoms with van der Waals surface area (Å²) in [6.07, 6.45) is 2.32. The number of hydrogen-bond donors (Lipinski definition) is 1. The van der Waals surface area contributed by atoms with Crippen LogP contribution in [-0.4, -0.2) is 49.1 Å². The second-order valence-corrected chi connectivity index (χ2v) is 4.51. The van der Waals surface area contributed by atoms with Crippen LogP contribution < -0.4 is 5.32 Å². The summed E-state index contributed by atoms with van der Waals surface area (Å²) in [4.78, 5) is 24.3. The molecule has 2 atom stereocenters. The smallest absolute Gasteiger partial charge is 0.240 e. The average Bonchev–Trinajstić information content (AvgIpc) is 2.63. The Morgan fingerprint density at radius 2 is 2.06 bits per heavy atom. The predicted molar refractivity (Wildman–Crippen MR) is 57.7 cm³/mol. The molecule has 5 heteroatoms. The summed E-state index contributed by atoms with van der Waals surface area (Å²) in [6.45, 7) is 4.36. The van der Waals surface area contributed by atoms with Crippen LogP contribution in [0.15, 0.2) is 0 Å². The molecule has 90 valence electrons. The lowest BCUT2D eigenvalue weighted by atomic mass is 9.98. The number of ether oxygens (including phenoxy) is 1. The van der Waals surface area contributed by atoms with E-state index in [1.54, 1.807) is 0 Å². The Morgan fingerprint density at radius 1 is 1.38 bits per heavy atom. The van der Waals surface area contributed by atoms with Gasteiger partial charge in [-0.05, 0) is 12.8 Å². The maximum atomic E-state index is 11.2. The van der Waals surface area contributed by atoms with Crippen LogP contribution in [0.4, 0.5) is 0 Å². The Hall–Kier alpha value is -0.940. The summed E-state index contributed by atoms with van der Waals surface area (Å²) in [5.74, 6) is 0.0788. The summed E-state index contributed by atoms with van der Waals surface area (Å²) in [7, 11) is 0. The van der Waals surface area contributed by atoms with Crippen molar-refractivity contribution in [2.75, 3.05) is 26.2 Å². The largest absolute Gasteiger partial charge is 0.378 e. The minimum atomic E-state index is -0.191. The second kappa shape index (κ2) is 4.93. The predicted octanol–water partition coefficient (Wildman–Crippen LogP) is -0.240. The third-order valence-corrected chi connectivity index (χ3v) is 3.25. The molecule has 0 aliphatic carbocycles. The van der Waals surface area contributed by atoms with Gasteiger partial charge in [0, 0.05) is 19.1 Å². The minimum absolute atomic E-state index is 0.191. The Labute approximate surface area is 95.1 Å². The maximum absolute atomic E-state index is 11.2. The highest BCUT2D eigenvalue weighted by molar-refractivity contribution is 5.99. The Morgan fingerprint density at radius 3 is 2.69 bits per heavy atom. The van der Waals surface area contributed by atoms with Crippen LogP contribution in [0, 0.1) is 5.92 Å². The fourth-order valence-electron chi connectivity index (χ4n) is 2.51. The van der Waals surface area contributed by atoms with Gasteiger partial charge in [-0.2, -0.15) is 0 Å². The van der Waals surface area contributed by atoms with E-state index in [4.69, 9.17) is 4.74 Å². The molecule has 2 heterocycles. The monoisotopic (exact) mass is 226 g/mol. The molecule has 0 aromatic rings. The van der Waals surface area contributed by atoms with Crippen LogP contribution in [0.5, 0.6) is 0 Å². The molecule has 2 aliphatic rings. The van der Waals surface area contributed by atoms with Gasteiger partial charge in [0.15, 0.2) is 0 Å². The number of piperazine rings is 1. The van der Waals surface area contributed by atoms with Crippen LogP contribution in [-0.2, 0) is 14.3 Å². The zero-order valence-electron chi connectivity index (χ0n) is 9.57. The molecule has 16 heavy (non-hydrogen) atoms. The minimum Gasteiger partial charge on any atom is -0.378 e. The van der Waals surface area contributed by atoms with Crippen LogP contribution >= 0.6 is 0 Å². The summed E-state index contributed by atoms with van der Waals surface area (Å²) in [6, 6.07) is 0. The Bertz CT molecular complexity index is 277. The van der Waals surface area contributed by atoms with Crippen molar-refractivity contribution >= 4 is 11.8 Å². The van der Waals surface area contributed by atoms with Gasteiger partial charge in [0.05, 0.1) is 19.2 Å². The van der Waals surface area contributed by atoms with Crippen molar-refractivity contribution in [3.05, 3.63) is 0 Å². The first kappa shape index (κ1) is 11.5. The summed E-state index contributed by atoms with van der Waals surface area (Å²) >= 11 is 0. The molecule has 2 rings (SSSR count). The van der Waals surface area contributed by atoms with Crippen LogP contribution in [0.2, 0.25) is 0 Å². The van der Waals surface area contributed by atoms with Crippen molar-refractivity contribution in [1.82, 2.24) is 10.2 Å². The van der Waals surface area contributed by atoms with Gasteiger partial charge >= 0.3 is 0 Å². The van der Waals surface area contributed by atoms with E-state index in [2.05, 4.69) is 12.2 Å². The Kier molecular flexibility index (Phi) is 3.56. The highest BCUT2D eigenvalue weighted by Gasteiger charge is 2.31. The van der Waals surface area contributed by atoms with Gasteiger partial charge in [-0.3, -0.25) is 19.8 Å². The average molecular weight is 226 g/mol. The third-order valence-electron chi connectivity index (χ3n) is 3.25. The molecule has 0 spiro atoms. The van der Waals surface area contributed by atoms with Crippen molar-refractivity contribution in [3.63, 3.8) is 0 Å². The maximum Gasteiger partial charge on any atom is 0.240 e. The fraction of sp³-hybridized carbons (Fsp3) is 0.818. The SMILES string of the molecule is CCC1OCCC1CN1CC(=O)NC(=O)C1. The normalized spacial score (nSPS) is 31.8. The summed E-state index contributed by atoms with van der Waals surface area (Å²) < 4.78 is 5.60. The first-order valence-corrected chi connectivity index (χ1v) is 5.85. The van der Waals surface area contributed by atoms with Gasteiger partial charge < -0.3 is 4.74 Å². The van der Waals surface area contributed by atoms with Gasteiger partial charge in [-0.25, -0.2) is 0 Å². The van der Waals surface area contributed by atoms with Gasteiger partial charge in [-0.1, -0.05) is 6.92 Å².